The van der Waals surface area contributed by atoms with Crippen molar-refractivity contribution < 1.29 is 18.3 Å². The number of para-hydroxylation sites is 1. The van der Waals surface area contributed by atoms with Gasteiger partial charge in [0.2, 0.25) is 0 Å². The number of piperidine rings is 1. The van der Waals surface area contributed by atoms with Crippen molar-refractivity contribution in [3.63, 3.8) is 0 Å². The van der Waals surface area contributed by atoms with Crippen molar-refractivity contribution in [1.29, 1.82) is 0 Å². The molecule has 0 radical (unpaired) electrons. The maximum absolute atomic E-state index is 12.7. The van der Waals surface area contributed by atoms with Crippen molar-refractivity contribution in [2.45, 2.75) is 58.8 Å². The molecule has 1 aromatic carbocycles. The van der Waals surface area contributed by atoms with Crippen LogP contribution in [-0.4, -0.2) is 41.8 Å². The number of halogens is 2. The molecule has 0 N–H and O–H groups in total. The number of benzene rings is 1. The lowest BCUT2D eigenvalue weighted by atomic mass is 9.87. The van der Waals surface area contributed by atoms with Crippen LogP contribution in [0.5, 0.6) is 5.75 Å². The minimum Gasteiger partial charge on any atom is -0.434 e. The normalized spacial score (nSPS) is 22.9. The van der Waals surface area contributed by atoms with Gasteiger partial charge in [-0.15, -0.1) is 11.3 Å². The van der Waals surface area contributed by atoms with E-state index in [9.17, 15) is 8.78 Å². The highest BCUT2D eigenvalue weighted by molar-refractivity contribution is 7.15. The van der Waals surface area contributed by atoms with Crippen molar-refractivity contribution in [2.24, 2.45) is 5.92 Å². The van der Waals surface area contributed by atoms with E-state index in [-0.39, 0.29) is 11.4 Å². The number of nitrogens with zero attached hydrogens (tertiary/aromatic N) is 2. The Morgan fingerprint density at radius 2 is 2.14 bits per heavy atom. The van der Waals surface area contributed by atoms with Gasteiger partial charge in [-0.3, -0.25) is 4.90 Å². The zero-order valence-electron chi connectivity index (χ0n) is 17.4. The number of unbranched alkanes of at least 4 members (excludes halogenated alkanes) is 1. The molecule has 3 rings (SSSR count). The van der Waals surface area contributed by atoms with E-state index in [1.54, 1.807) is 24.3 Å². The molecule has 2 atom stereocenters. The summed E-state index contributed by atoms with van der Waals surface area (Å²) in [5, 5.41) is 0.697. The topological polar surface area (TPSA) is 34.6 Å². The lowest BCUT2D eigenvalue weighted by Crippen LogP contribution is -2.50. The average Bonchev–Trinajstić information content (AvgIpc) is 3.09. The summed E-state index contributed by atoms with van der Waals surface area (Å²) in [5.74, 6) is 0.717. The Bertz CT molecular complexity index is 786. The molecule has 2 heterocycles. The quantitative estimate of drug-likeness (QED) is 0.475. The van der Waals surface area contributed by atoms with Crippen LogP contribution in [0.2, 0.25) is 0 Å². The van der Waals surface area contributed by atoms with Crippen molar-refractivity contribution in [3.05, 3.63) is 35.3 Å². The smallest absolute Gasteiger partial charge is 0.387 e. The maximum Gasteiger partial charge on any atom is 0.387 e. The van der Waals surface area contributed by atoms with Gasteiger partial charge in [0.25, 0.3) is 0 Å². The van der Waals surface area contributed by atoms with Crippen LogP contribution in [0.1, 0.15) is 44.9 Å². The molecule has 1 fully saturated rings. The van der Waals surface area contributed by atoms with E-state index in [2.05, 4.69) is 35.4 Å². The van der Waals surface area contributed by atoms with Crippen LogP contribution in [-0.2, 0) is 11.3 Å². The fourth-order valence-electron chi connectivity index (χ4n) is 4.10. The number of thiazole rings is 1. The second-order valence-corrected chi connectivity index (χ2v) is 9.25. The summed E-state index contributed by atoms with van der Waals surface area (Å²) in [7, 11) is 0. The SMILES string of the molecule is CCCCO[C@@]1(C)CC(C)CN(Cc2cnc(-c3ccccc3OC(F)F)s2)C1. The summed E-state index contributed by atoms with van der Waals surface area (Å²) < 4.78 is 36.3. The molecule has 29 heavy (non-hydrogen) atoms. The standard InChI is InChI=1S/C22H30F2N2O2S/c1-4-5-10-27-22(3)11-16(2)13-26(15-22)14-17-12-25-20(29-17)18-8-6-7-9-19(18)28-21(23)24/h6-9,12,16,21H,4-5,10-11,13-15H2,1-3H3/t16?,22-/m0/s1. The predicted octanol–water partition coefficient (Wildman–Crippen LogP) is 5.83. The Kier molecular flexibility index (Phi) is 7.60. The molecule has 0 saturated carbocycles. The summed E-state index contributed by atoms with van der Waals surface area (Å²) in [6.45, 7) is 7.30. The first-order valence-electron chi connectivity index (χ1n) is 10.2. The van der Waals surface area contributed by atoms with Crippen LogP contribution < -0.4 is 4.74 Å². The molecule has 4 nitrogen and oxygen atoms in total. The molecular weight excluding hydrogens is 394 g/mol. The Balaban J connectivity index is 1.68. The third-order valence-electron chi connectivity index (χ3n) is 5.12. The molecule has 1 unspecified atom stereocenters. The number of hydrogen-bond donors (Lipinski definition) is 0. The highest BCUT2D eigenvalue weighted by Crippen LogP contribution is 2.35. The first kappa shape index (κ1) is 22.1. The summed E-state index contributed by atoms with van der Waals surface area (Å²) in [6, 6.07) is 6.81. The van der Waals surface area contributed by atoms with Gasteiger partial charge in [0, 0.05) is 37.3 Å². The number of ether oxygens (including phenoxy) is 2. The van der Waals surface area contributed by atoms with Gasteiger partial charge in [0.05, 0.1) is 11.2 Å². The second-order valence-electron chi connectivity index (χ2n) is 8.14. The Morgan fingerprint density at radius 1 is 1.34 bits per heavy atom. The van der Waals surface area contributed by atoms with E-state index in [0.29, 0.717) is 16.5 Å². The molecule has 1 aromatic heterocycles. The number of alkyl halides is 2. The first-order valence-corrected chi connectivity index (χ1v) is 11.1. The lowest BCUT2D eigenvalue weighted by Gasteiger charge is -2.43. The van der Waals surface area contributed by atoms with Crippen LogP contribution in [0.15, 0.2) is 30.5 Å². The lowest BCUT2D eigenvalue weighted by molar-refractivity contribution is -0.0934. The van der Waals surface area contributed by atoms with Gasteiger partial charge in [-0.05, 0) is 37.8 Å². The molecule has 0 aliphatic carbocycles. The molecule has 1 aliphatic heterocycles. The Labute approximate surface area is 175 Å². The number of rotatable bonds is 9. The van der Waals surface area contributed by atoms with Crippen molar-refractivity contribution in [3.8, 4) is 16.3 Å². The molecular formula is C22H30F2N2O2S. The minimum atomic E-state index is -2.85. The van der Waals surface area contributed by atoms with Crippen molar-refractivity contribution in [2.75, 3.05) is 19.7 Å². The minimum absolute atomic E-state index is 0.127. The van der Waals surface area contributed by atoms with Gasteiger partial charge in [-0.1, -0.05) is 32.4 Å². The fourth-order valence-corrected chi connectivity index (χ4v) is 5.08. The number of likely N-dealkylation sites (tertiary alicyclic amines) is 1. The maximum atomic E-state index is 12.7. The van der Waals surface area contributed by atoms with E-state index in [0.717, 1.165) is 50.4 Å². The summed E-state index contributed by atoms with van der Waals surface area (Å²) in [6.07, 6.45) is 5.13. The van der Waals surface area contributed by atoms with Gasteiger partial charge in [-0.25, -0.2) is 4.98 Å². The number of aromatic nitrogens is 1. The molecule has 160 valence electrons. The summed E-state index contributed by atoms with van der Waals surface area (Å²) >= 11 is 1.53. The average molecular weight is 425 g/mol. The van der Waals surface area contributed by atoms with Crippen LogP contribution in [0.3, 0.4) is 0 Å². The first-order chi connectivity index (χ1) is 13.9. The monoisotopic (exact) mass is 424 g/mol. The van der Waals surface area contributed by atoms with Gasteiger partial charge in [0.1, 0.15) is 10.8 Å². The van der Waals surface area contributed by atoms with Gasteiger partial charge in [-0.2, -0.15) is 8.78 Å². The molecule has 1 saturated heterocycles. The zero-order valence-corrected chi connectivity index (χ0v) is 18.2. The van der Waals surface area contributed by atoms with E-state index in [4.69, 9.17) is 4.74 Å². The molecule has 1 aliphatic rings. The highest BCUT2D eigenvalue weighted by atomic mass is 32.1. The molecule has 0 amide bonds. The van der Waals surface area contributed by atoms with E-state index < -0.39 is 6.61 Å². The van der Waals surface area contributed by atoms with Crippen LogP contribution in [0.25, 0.3) is 10.6 Å². The Morgan fingerprint density at radius 3 is 2.90 bits per heavy atom. The molecule has 7 heteroatoms. The third-order valence-corrected chi connectivity index (χ3v) is 6.14. The molecule has 0 bridgehead atoms. The van der Waals surface area contributed by atoms with E-state index in [1.165, 1.54) is 11.3 Å². The highest BCUT2D eigenvalue weighted by Gasteiger charge is 2.35. The van der Waals surface area contributed by atoms with Crippen LogP contribution >= 0.6 is 11.3 Å². The second kappa shape index (κ2) is 9.96. The van der Waals surface area contributed by atoms with Gasteiger partial charge < -0.3 is 9.47 Å². The molecule has 0 spiro atoms. The third kappa shape index (κ3) is 6.20. The van der Waals surface area contributed by atoms with Crippen molar-refractivity contribution >= 4 is 11.3 Å². The Hall–Kier alpha value is -1.57. The number of hydrogen-bond acceptors (Lipinski definition) is 5. The van der Waals surface area contributed by atoms with E-state index >= 15 is 0 Å². The summed E-state index contributed by atoms with van der Waals surface area (Å²) in [4.78, 5) is 8.00. The zero-order chi connectivity index (χ0) is 20.9. The largest absolute Gasteiger partial charge is 0.434 e. The van der Waals surface area contributed by atoms with Crippen LogP contribution in [0.4, 0.5) is 8.78 Å². The molecule has 2 aromatic rings. The predicted molar refractivity (Wildman–Crippen MR) is 113 cm³/mol. The van der Waals surface area contributed by atoms with Gasteiger partial charge >= 0.3 is 6.61 Å². The fraction of sp³-hybridized carbons (Fsp3) is 0.591. The van der Waals surface area contributed by atoms with Crippen LogP contribution in [0, 0.1) is 5.92 Å². The van der Waals surface area contributed by atoms with Gasteiger partial charge in [0.15, 0.2) is 0 Å². The van der Waals surface area contributed by atoms with E-state index in [1.807, 2.05) is 6.20 Å². The van der Waals surface area contributed by atoms with Crippen molar-refractivity contribution in [1.82, 2.24) is 9.88 Å². The summed E-state index contributed by atoms with van der Waals surface area (Å²) in [5.41, 5.74) is 0.474.